The Bertz CT molecular complexity index is 843. The highest BCUT2D eigenvalue weighted by molar-refractivity contribution is 6.02. The van der Waals surface area contributed by atoms with Gasteiger partial charge in [-0.25, -0.2) is 0 Å². The average molecular weight is 409 g/mol. The lowest BCUT2D eigenvalue weighted by atomic mass is 9.69. The zero-order valence-electron chi connectivity index (χ0n) is 17.2. The van der Waals surface area contributed by atoms with Crippen LogP contribution in [-0.4, -0.2) is 30.9 Å². The molecular formula is C25H29ClN2O. The van der Waals surface area contributed by atoms with E-state index in [2.05, 4.69) is 55.5 Å². The van der Waals surface area contributed by atoms with E-state index in [9.17, 15) is 4.79 Å². The highest BCUT2D eigenvalue weighted by Gasteiger charge is 2.43. The molecule has 1 unspecified atom stereocenters. The molecule has 0 saturated carbocycles. The first-order chi connectivity index (χ1) is 13.5. The van der Waals surface area contributed by atoms with Crippen LogP contribution in [0.1, 0.15) is 24.5 Å². The van der Waals surface area contributed by atoms with Gasteiger partial charge in [-0.3, -0.25) is 4.79 Å². The summed E-state index contributed by atoms with van der Waals surface area (Å²) in [6, 6.07) is 30.1. The van der Waals surface area contributed by atoms with Crippen LogP contribution in [0.2, 0.25) is 0 Å². The minimum absolute atomic E-state index is 0. The van der Waals surface area contributed by atoms with Gasteiger partial charge in [-0.15, -0.1) is 12.4 Å². The van der Waals surface area contributed by atoms with Crippen LogP contribution in [0.25, 0.3) is 0 Å². The van der Waals surface area contributed by atoms with Crippen molar-refractivity contribution in [2.45, 2.75) is 24.8 Å². The average Bonchev–Trinajstić information content (AvgIpc) is 2.73. The number of benzene rings is 3. The van der Waals surface area contributed by atoms with Crippen molar-refractivity contribution in [3.05, 3.63) is 102 Å². The predicted octanol–water partition coefficient (Wildman–Crippen LogP) is 5.37. The van der Waals surface area contributed by atoms with Crippen molar-refractivity contribution in [1.82, 2.24) is 4.90 Å². The minimum atomic E-state index is -0.790. The van der Waals surface area contributed by atoms with Crippen LogP contribution in [0.3, 0.4) is 0 Å². The quantitative estimate of drug-likeness (QED) is 0.569. The van der Waals surface area contributed by atoms with Crippen LogP contribution in [0, 0.1) is 0 Å². The highest BCUT2D eigenvalue weighted by Crippen LogP contribution is 2.39. The number of carbonyl (C=O) groups is 1. The van der Waals surface area contributed by atoms with Gasteiger partial charge in [0.2, 0.25) is 5.91 Å². The van der Waals surface area contributed by atoms with Crippen LogP contribution >= 0.6 is 12.4 Å². The Hall–Kier alpha value is -2.62. The second-order valence-electron chi connectivity index (χ2n) is 7.47. The van der Waals surface area contributed by atoms with E-state index in [4.69, 9.17) is 0 Å². The molecule has 0 aliphatic heterocycles. The summed E-state index contributed by atoms with van der Waals surface area (Å²) in [5.74, 6) is -0.00944. The summed E-state index contributed by atoms with van der Waals surface area (Å²) in [6.07, 6.45) is 0.673. The third-order valence-corrected chi connectivity index (χ3v) is 5.44. The lowest BCUT2D eigenvalue weighted by Crippen LogP contribution is -2.46. The molecule has 0 heterocycles. The van der Waals surface area contributed by atoms with Crippen molar-refractivity contribution in [3.63, 3.8) is 0 Å². The van der Waals surface area contributed by atoms with E-state index in [0.29, 0.717) is 6.42 Å². The van der Waals surface area contributed by atoms with Crippen molar-refractivity contribution < 1.29 is 4.79 Å². The Balaban J connectivity index is 0.00000300. The number of amides is 1. The Morgan fingerprint density at radius 1 is 0.828 bits per heavy atom. The molecule has 0 bridgehead atoms. The van der Waals surface area contributed by atoms with Crippen LogP contribution in [0.15, 0.2) is 91.0 Å². The molecule has 0 aromatic heterocycles. The molecular weight excluding hydrogens is 380 g/mol. The fourth-order valence-electron chi connectivity index (χ4n) is 3.59. The van der Waals surface area contributed by atoms with Gasteiger partial charge in [0.05, 0.1) is 0 Å². The normalized spacial score (nSPS) is 12.1. The maximum atomic E-state index is 13.9. The van der Waals surface area contributed by atoms with E-state index < -0.39 is 5.41 Å². The maximum absolute atomic E-state index is 13.9. The molecule has 152 valence electrons. The number of hydrogen-bond donors (Lipinski definition) is 1. The van der Waals surface area contributed by atoms with Crippen molar-refractivity contribution in [3.8, 4) is 0 Å². The molecule has 0 aliphatic carbocycles. The molecule has 1 N–H and O–H groups in total. The summed E-state index contributed by atoms with van der Waals surface area (Å²) in [7, 11) is 4.11. The van der Waals surface area contributed by atoms with E-state index in [1.165, 1.54) is 0 Å². The number of halogens is 1. The standard InChI is InChI=1S/C25H28N2O.ClH/c1-20(27(2)3)19-25(21-13-7-4-8-14-21,22-15-9-5-10-16-22)24(28)26-23-17-11-6-12-18-23;/h4-18,20H,19H2,1-3H3,(H,26,28);1H. The number of carbonyl (C=O) groups excluding carboxylic acids is 1. The maximum Gasteiger partial charge on any atom is 0.239 e. The van der Waals surface area contributed by atoms with E-state index in [1.54, 1.807) is 0 Å². The number of hydrogen-bond acceptors (Lipinski definition) is 2. The molecule has 29 heavy (non-hydrogen) atoms. The van der Waals surface area contributed by atoms with Crippen LogP contribution < -0.4 is 5.32 Å². The van der Waals surface area contributed by atoms with Gasteiger partial charge in [0.1, 0.15) is 5.41 Å². The van der Waals surface area contributed by atoms with Crippen LogP contribution in [0.4, 0.5) is 5.69 Å². The Morgan fingerprint density at radius 2 is 1.24 bits per heavy atom. The number of rotatable bonds is 7. The van der Waals surface area contributed by atoms with Crippen LogP contribution in [-0.2, 0) is 10.2 Å². The molecule has 3 nitrogen and oxygen atoms in total. The van der Waals surface area contributed by atoms with Gasteiger partial charge in [-0.2, -0.15) is 0 Å². The number of para-hydroxylation sites is 1. The summed E-state index contributed by atoms with van der Waals surface area (Å²) in [4.78, 5) is 16.0. The molecule has 0 aliphatic rings. The topological polar surface area (TPSA) is 32.3 Å². The first-order valence-electron chi connectivity index (χ1n) is 9.68. The zero-order valence-corrected chi connectivity index (χ0v) is 18.0. The van der Waals surface area contributed by atoms with Gasteiger partial charge in [-0.05, 0) is 50.7 Å². The van der Waals surface area contributed by atoms with Gasteiger partial charge < -0.3 is 10.2 Å². The van der Waals surface area contributed by atoms with Gasteiger partial charge in [0.15, 0.2) is 0 Å². The molecule has 0 fully saturated rings. The molecule has 1 atom stereocenters. The van der Waals surface area contributed by atoms with E-state index >= 15 is 0 Å². The fourth-order valence-corrected chi connectivity index (χ4v) is 3.59. The second kappa shape index (κ2) is 10.2. The number of anilines is 1. The number of nitrogens with one attached hydrogen (secondary N) is 1. The van der Waals surface area contributed by atoms with Crippen LogP contribution in [0.5, 0.6) is 0 Å². The lowest BCUT2D eigenvalue weighted by molar-refractivity contribution is -0.120. The molecule has 4 heteroatoms. The minimum Gasteiger partial charge on any atom is -0.325 e. The zero-order chi connectivity index (χ0) is 20.0. The Morgan fingerprint density at radius 3 is 1.66 bits per heavy atom. The smallest absolute Gasteiger partial charge is 0.239 e. The molecule has 3 aromatic carbocycles. The molecule has 3 rings (SSSR count). The lowest BCUT2D eigenvalue weighted by Gasteiger charge is -2.37. The highest BCUT2D eigenvalue weighted by atomic mass is 35.5. The summed E-state index contributed by atoms with van der Waals surface area (Å²) >= 11 is 0. The molecule has 0 radical (unpaired) electrons. The molecule has 1 amide bonds. The van der Waals surface area contributed by atoms with Gasteiger partial charge >= 0.3 is 0 Å². The van der Waals surface area contributed by atoms with Gasteiger partial charge in [0.25, 0.3) is 0 Å². The molecule has 3 aromatic rings. The summed E-state index contributed by atoms with van der Waals surface area (Å²) < 4.78 is 0. The Labute approximate surface area is 180 Å². The van der Waals surface area contributed by atoms with Crippen molar-refractivity contribution in [2.75, 3.05) is 19.4 Å². The van der Waals surface area contributed by atoms with Crippen molar-refractivity contribution >= 4 is 24.0 Å². The van der Waals surface area contributed by atoms with E-state index in [1.807, 2.05) is 66.7 Å². The number of nitrogens with zero attached hydrogens (tertiary/aromatic N) is 1. The Kier molecular flexibility index (Phi) is 8.00. The third kappa shape index (κ3) is 5.06. The fraction of sp³-hybridized carbons (Fsp3) is 0.240. The van der Waals surface area contributed by atoms with E-state index in [-0.39, 0.29) is 24.4 Å². The second-order valence-corrected chi connectivity index (χ2v) is 7.47. The third-order valence-electron chi connectivity index (χ3n) is 5.44. The molecule has 0 saturated heterocycles. The molecule has 0 spiro atoms. The van der Waals surface area contributed by atoms with Crippen molar-refractivity contribution in [1.29, 1.82) is 0 Å². The first kappa shape index (κ1) is 22.7. The summed E-state index contributed by atoms with van der Waals surface area (Å²) in [5.41, 5.74) is 2.02. The van der Waals surface area contributed by atoms with E-state index in [0.717, 1.165) is 16.8 Å². The predicted molar refractivity (Wildman–Crippen MR) is 124 cm³/mol. The summed E-state index contributed by atoms with van der Waals surface area (Å²) in [5, 5.41) is 3.17. The monoisotopic (exact) mass is 408 g/mol. The van der Waals surface area contributed by atoms with Crippen molar-refractivity contribution in [2.24, 2.45) is 0 Å². The SMILES string of the molecule is CC(CC(C(=O)Nc1ccccc1)(c1ccccc1)c1ccccc1)N(C)C.Cl. The van der Waals surface area contributed by atoms with Gasteiger partial charge in [-0.1, -0.05) is 78.9 Å². The first-order valence-corrected chi connectivity index (χ1v) is 9.68. The van der Waals surface area contributed by atoms with Gasteiger partial charge in [0, 0.05) is 11.7 Å². The largest absolute Gasteiger partial charge is 0.325 e. The summed E-state index contributed by atoms with van der Waals surface area (Å²) in [6.45, 7) is 2.16.